The number of hydrogen-bond donors (Lipinski definition) is 1. The minimum absolute atomic E-state index is 0.0124. The van der Waals surface area contributed by atoms with Crippen LogP contribution in [0.1, 0.15) is 108 Å². The standard InChI is InChI=1S/C43H56O5/c1-5-6-31-9-14-34(15-10-31)35-16-11-32(12-17-35)7-8-33-13-21-40-37(25-33)18-19-38-26-36(20-22-41(38)40)39(28-48-42(45)29(2)3)23-24-47-43(46)30(4)27-44/h13,18-22,25-26,31-32,34-35,39,44H,2,4-12,14-17,23-24,27-28H2,1,3H3. The quantitative estimate of drug-likeness (QED) is 0.101. The van der Waals surface area contributed by atoms with Gasteiger partial charge in [-0.3, -0.25) is 0 Å². The Hall–Kier alpha value is -3.44. The molecule has 1 unspecified atom stereocenters. The lowest BCUT2D eigenvalue weighted by Gasteiger charge is -2.38. The molecule has 0 radical (unpaired) electrons. The van der Waals surface area contributed by atoms with E-state index in [1.807, 2.05) is 0 Å². The van der Waals surface area contributed by atoms with Crippen molar-refractivity contribution in [1.82, 2.24) is 0 Å². The number of ether oxygens (including phenoxy) is 2. The molecule has 2 aliphatic carbocycles. The van der Waals surface area contributed by atoms with E-state index in [1.165, 1.54) is 92.4 Å². The zero-order valence-corrected chi connectivity index (χ0v) is 29.3. The zero-order valence-electron chi connectivity index (χ0n) is 29.3. The molecule has 0 aliphatic heterocycles. The van der Waals surface area contributed by atoms with Gasteiger partial charge in [0.2, 0.25) is 0 Å². The molecule has 5 rings (SSSR count). The van der Waals surface area contributed by atoms with Crippen molar-refractivity contribution in [3.63, 3.8) is 0 Å². The Labute approximate surface area is 287 Å². The molecule has 0 aromatic heterocycles. The van der Waals surface area contributed by atoms with Gasteiger partial charge in [-0.1, -0.05) is 107 Å². The molecular weight excluding hydrogens is 596 g/mol. The van der Waals surface area contributed by atoms with Crippen molar-refractivity contribution in [3.05, 3.63) is 84.0 Å². The number of esters is 2. The van der Waals surface area contributed by atoms with Crippen LogP contribution in [0.5, 0.6) is 0 Å². The van der Waals surface area contributed by atoms with Crippen LogP contribution in [0.4, 0.5) is 0 Å². The highest BCUT2D eigenvalue weighted by atomic mass is 16.5. The van der Waals surface area contributed by atoms with Gasteiger partial charge < -0.3 is 14.6 Å². The summed E-state index contributed by atoms with van der Waals surface area (Å²) in [6.45, 7) is 11.0. The summed E-state index contributed by atoms with van der Waals surface area (Å²) in [6, 6.07) is 17.7. The molecule has 1 N–H and O–H groups in total. The van der Waals surface area contributed by atoms with E-state index in [9.17, 15) is 9.59 Å². The predicted molar refractivity (Wildman–Crippen MR) is 196 cm³/mol. The lowest BCUT2D eigenvalue weighted by atomic mass is 9.68. The second-order valence-electron chi connectivity index (χ2n) is 14.8. The SMILES string of the molecule is C=C(C)C(=O)OCC(CCOC(=O)C(=C)CO)c1ccc2c(ccc3cc(CCC4CCC(C5CCC(CCC)CC5)CC4)ccc32)c1. The third-order valence-corrected chi connectivity index (χ3v) is 11.3. The van der Waals surface area contributed by atoms with E-state index in [4.69, 9.17) is 14.6 Å². The van der Waals surface area contributed by atoms with Crippen LogP contribution in [0, 0.1) is 23.7 Å². The summed E-state index contributed by atoms with van der Waals surface area (Å²) in [6.07, 6.45) is 17.3. The summed E-state index contributed by atoms with van der Waals surface area (Å²) < 4.78 is 10.8. The maximum Gasteiger partial charge on any atom is 0.335 e. The van der Waals surface area contributed by atoms with Crippen LogP contribution in [-0.4, -0.2) is 36.9 Å². The Morgan fingerprint density at radius 3 is 2.00 bits per heavy atom. The second kappa shape index (κ2) is 17.3. The van der Waals surface area contributed by atoms with Crippen LogP contribution < -0.4 is 0 Å². The molecule has 48 heavy (non-hydrogen) atoms. The van der Waals surface area contributed by atoms with Gasteiger partial charge in [-0.25, -0.2) is 9.59 Å². The van der Waals surface area contributed by atoms with Gasteiger partial charge in [-0.2, -0.15) is 0 Å². The van der Waals surface area contributed by atoms with Crippen molar-refractivity contribution in [3.8, 4) is 0 Å². The monoisotopic (exact) mass is 652 g/mol. The first-order chi connectivity index (χ1) is 23.2. The van der Waals surface area contributed by atoms with Crippen LogP contribution in [0.25, 0.3) is 21.5 Å². The zero-order chi connectivity index (χ0) is 34.0. The van der Waals surface area contributed by atoms with Gasteiger partial charge >= 0.3 is 11.9 Å². The highest BCUT2D eigenvalue weighted by molar-refractivity contribution is 6.07. The lowest BCUT2D eigenvalue weighted by molar-refractivity contribution is -0.142. The van der Waals surface area contributed by atoms with Crippen molar-refractivity contribution in [2.75, 3.05) is 19.8 Å². The first-order valence-corrected chi connectivity index (χ1v) is 18.5. The molecule has 1 atom stereocenters. The number of fused-ring (bicyclic) bond motifs is 3. The summed E-state index contributed by atoms with van der Waals surface area (Å²) in [5.41, 5.74) is 2.78. The fourth-order valence-corrected chi connectivity index (χ4v) is 8.33. The molecule has 0 spiro atoms. The predicted octanol–water partition coefficient (Wildman–Crippen LogP) is 10.0. The number of carbonyl (C=O) groups excluding carboxylic acids is 2. The Bertz CT molecular complexity index is 1570. The van der Waals surface area contributed by atoms with Crippen LogP contribution in [-0.2, 0) is 25.5 Å². The van der Waals surface area contributed by atoms with Crippen molar-refractivity contribution in [2.45, 2.75) is 103 Å². The van der Waals surface area contributed by atoms with Gasteiger partial charge in [0.15, 0.2) is 0 Å². The molecule has 3 aromatic rings. The summed E-state index contributed by atoms with van der Waals surface area (Å²) in [5.74, 6) is 2.60. The molecule has 2 aliphatic rings. The normalized spacial score (nSPS) is 21.9. The van der Waals surface area contributed by atoms with Gasteiger partial charge in [0.05, 0.1) is 25.4 Å². The summed E-state index contributed by atoms with van der Waals surface area (Å²) in [7, 11) is 0. The average molecular weight is 653 g/mol. The largest absolute Gasteiger partial charge is 0.462 e. The second-order valence-corrected chi connectivity index (χ2v) is 14.8. The molecule has 0 amide bonds. The molecule has 5 heteroatoms. The number of aliphatic hydroxyl groups is 1. The number of benzene rings is 3. The fraction of sp³-hybridized carbons (Fsp3) is 0.535. The summed E-state index contributed by atoms with van der Waals surface area (Å²) in [5, 5.41) is 14.0. The minimum atomic E-state index is -0.623. The highest BCUT2D eigenvalue weighted by Crippen LogP contribution is 2.43. The topological polar surface area (TPSA) is 72.8 Å². The first kappa shape index (κ1) is 35.9. The molecule has 5 nitrogen and oxygen atoms in total. The number of hydrogen-bond acceptors (Lipinski definition) is 5. The molecule has 0 heterocycles. The fourth-order valence-electron chi connectivity index (χ4n) is 8.33. The molecule has 0 bridgehead atoms. The van der Waals surface area contributed by atoms with E-state index in [2.05, 4.69) is 68.6 Å². The molecular formula is C43H56O5. The third-order valence-electron chi connectivity index (χ3n) is 11.3. The van der Waals surface area contributed by atoms with E-state index < -0.39 is 18.5 Å². The van der Waals surface area contributed by atoms with E-state index in [0.29, 0.717) is 12.0 Å². The maximum absolute atomic E-state index is 12.2. The first-order valence-electron chi connectivity index (χ1n) is 18.5. The minimum Gasteiger partial charge on any atom is -0.462 e. The van der Waals surface area contributed by atoms with Gasteiger partial charge in [0.25, 0.3) is 0 Å². The van der Waals surface area contributed by atoms with E-state index in [0.717, 1.165) is 41.0 Å². The number of carbonyl (C=O) groups is 2. The molecule has 0 saturated heterocycles. The lowest BCUT2D eigenvalue weighted by Crippen LogP contribution is -2.26. The molecule has 2 saturated carbocycles. The van der Waals surface area contributed by atoms with Gasteiger partial charge in [0, 0.05) is 11.5 Å². The summed E-state index contributed by atoms with van der Waals surface area (Å²) in [4.78, 5) is 24.2. The molecule has 258 valence electrons. The average Bonchev–Trinajstić information content (AvgIpc) is 3.11. The van der Waals surface area contributed by atoms with Crippen molar-refractivity contribution in [2.24, 2.45) is 23.7 Å². The van der Waals surface area contributed by atoms with Crippen molar-refractivity contribution >= 4 is 33.5 Å². The van der Waals surface area contributed by atoms with Crippen LogP contribution in [0.15, 0.2) is 72.8 Å². The Morgan fingerprint density at radius 2 is 1.40 bits per heavy atom. The number of aliphatic hydroxyl groups excluding tert-OH is 1. The van der Waals surface area contributed by atoms with Crippen molar-refractivity contribution < 1.29 is 24.2 Å². The van der Waals surface area contributed by atoms with Crippen LogP contribution in [0.2, 0.25) is 0 Å². The molecule has 2 fully saturated rings. The summed E-state index contributed by atoms with van der Waals surface area (Å²) >= 11 is 0. The molecule has 3 aromatic carbocycles. The Morgan fingerprint density at radius 1 is 0.792 bits per heavy atom. The van der Waals surface area contributed by atoms with E-state index >= 15 is 0 Å². The third kappa shape index (κ3) is 9.37. The highest BCUT2D eigenvalue weighted by Gasteiger charge is 2.30. The van der Waals surface area contributed by atoms with Gasteiger partial charge in [-0.05, 0) is 108 Å². The number of aryl methyl sites for hydroxylation is 1. The van der Waals surface area contributed by atoms with Gasteiger partial charge in [0.1, 0.15) is 0 Å². The Kier molecular flexibility index (Phi) is 12.9. The smallest absolute Gasteiger partial charge is 0.335 e. The van der Waals surface area contributed by atoms with E-state index in [1.54, 1.807) is 6.92 Å². The Balaban J connectivity index is 1.19. The number of rotatable bonds is 15. The van der Waals surface area contributed by atoms with E-state index in [-0.39, 0.29) is 24.7 Å². The van der Waals surface area contributed by atoms with Crippen LogP contribution in [0.3, 0.4) is 0 Å². The maximum atomic E-state index is 12.2. The van der Waals surface area contributed by atoms with Crippen LogP contribution >= 0.6 is 0 Å². The van der Waals surface area contributed by atoms with Gasteiger partial charge in [-0.15, -0.1) is 0 Å². The van der Waals surface area contributed by atoms with Crippen molar-refractivity contribution in [1.29, 1.82) is 0 Å².